The summed E-state index contributed by atoms with van der Waals surface area (Å²) in [5.41, 5.74) is 11.2. The molecule has 0 amide bonds. The van der Waals surface area contributed by atoms with Crippen LogP contribution in [0.4, 0.5) is 0 Å². The molecule has 0 fully saturated rings. The van der Waals surface area contributed by atoms with Crippen LogP contribution in [0.2, 0.25) is 0 Å². The average Bonchev–Trinajstić information content (AvgIpc) is 3.93. The number of allylic oxidation sites excluding steroid dienone is 1. The van der Waals surface area contributed by atoms with Crippen molar-refractivity contribution in [3.05, 3.63) is 191 Å². The van der Waals surface area contributed by atoms with Crippen LogP contribution in [0.1, 0.15) is 107 Å². The van der Waals surface area contributed by atoms with Crippen molar-refractivity contribution >= 4 is 80.3 Å². The van der Waals surface area contributed by atoms with Gasteiger partial charge >= 0.3 is 11.6 Å². The molecule has 8 aromatic rings. The van der Waals surface area contributed by atoms with E-state index in [1.807, 2.05) is 44.2 Å². The van der Waals surface area contributed by atoms with Crippen LogP contribution in [0.15, 0.2) is 124 Å². The minimum atomic E-state index is -1.18. The Kier molecular flexibility index (Phi) is 16.1. The molecule has 1 N–H and O–H groups in total. The molecule has 0 unspecified atom stereocenters. The van der Waals surface area contributed by atoms with E-state index in [9.17, 15) is 9.59 Å². The van der Waals surface area contributed by atoms with Crippen molar-refractivity contribution in [1.82, 2.24) is 8.75 Å². The lowest BCUT2D eigenvalue weighted by atomic mass is 9.84. The first-order chi connectivity index (χ1) is 31.4. The highest BCUT2D eigenvalue weighted by Crippen LogP contribution is 2.39. The van der Waals surface area contributed by atoms with Crippen LogP contribution < -0.4 is 11.0 Å². The zero-order chi connectivity index (χ0) is 49.4. The number of hydrogen-bond acceptors (Lipinski definition) is 7. The third-order valence-electron chi connectivity index (χ3n) is 10.9. The van der Waals surface area contributed by atoms with Gasteiger partial charge in [-0.1, -0.05) is 159 Å². The molecule has 67 heavy (non-hydrogen) atoms. The number of benzene rings is 5. The quantitative estimate of drug-likeness (QED) is 0.139. The molecule has 0 aliphatic rings. The van der Waals surface area contributed by atoms with Gasteiger partial charge in [-0.05, 0) is 101 Å². The topological polar surface area (TPSA) is 102 Å². The van der Waals surface area contributed by atoms with Gasteiger partial charge in [-0.3, -0.25) is 4.79 Å². The van der Waals surface area contributed by atoms with Crippen LogP contribution in [0.3, 0.4) is 0 Å². The summed E-state index contributed by atoms with van der Waals surface area (Å²) in [7, 11) is 0. The van der Waals surface area contributed by atoms with Gasteiger partial charge in [0, 0.05) is 26.1 Å². The van der Waals surface area contributed by atoms with Crippen molar-refractivity contribution in [3.8, 4) is 11.1 Å². The number of carbonyl (C=O) groups is 1. The van der Waals surface area contributed by atoms with Crippen LogP contribution in [0, 0.1) is 27.0 Å². The molecule has 5 aromatic carbocycles. The van der Waals surface area contributed by atoms with E-state index < -0.39 is 5.97 Å². The molecule has 8 rings (SSSR count). The number of fused-ring (bicyclic) bond motifs is 1. The van der Waals surface area contributed by atoms with E-state index in [4.69, 9.17) is 22.7 Å². The maximum Gasteiger partial charge on any atom is 0.344 e. The third kappa shape index (κ3) is 12.9. The third-order valence-corrected chi connectivity index (χ3v) is 12.4. The number of rotatable bonds is 4. The summed E-state index contributed by atoms with van der Waals surface area (Å²) in [5.74, 6) is -1.18. The Morgan fingerprint density at radius 2 is 1.27 bits per heavy atom. The predicted molar refractivity (Wildman–Crippen MR) is 282 cm³/mol. The van der Waals surface area contributed by atoms with E-state index in [2.05, 4.69) is 161 Å². The lowest BCUT2D eigenvalue weighted by Gasteiger charge is -2.20. The van der Waals surface area contributed by atoms with E-state index in [0.717, 1.165) is 59.3 Å². The SMILES string of the molecule is C=c1oc(=O)c2cccc3c(-c4ccc(C(C)(C)C)c5nsnc45)ccc1c32.Cc1ccc(C(C)(C)C)cc1.[C-]#[N+]/C(=C\c1ccc(C)s1)C(=O)O.[C-]#[N+]/C(C)=C\c1ccc(C(C)(C)C)cc1. The zero-order valence-electron chi connectivity index (χ0n) is 40.5. The summed E-state index contributed by atoms with van der Waals surface area (Å²) in [5, 5.41) is 11.9. The van der Waals surface area contributed by atoms with Crippen molar-refractivity contribution < 1.29 is 14.3 Å². The fraction of sp³-hybridized carbons (Fsp3) is 0.263. The summed E-state index contributed by atoms with van der Waals surface area (Å²) in [4.78, 5) is 31.0. The number of carboxylic acid groups (broad SMARTS) is 1. The molecule has 0 saturated heterocycles. The predicted octanol–water partition coefficient (Wildman–Crippen LogP) is 15.0. The van der Waals surface area contributed by atoms with Gasteiger partial charge in [-0.15, -0.1) is 11.3 Å². The Morgan fingerprint density at radius 1 is 0.687 bits per heavy atom. The smallest absolute Gasteiger partial charge is 0.344 e. The minimum Gasteiger partial charge on any atom is -0.486 e. The average molecular weight is 927 g/mol. The number of thiophene rings is 1. The second-order valence-corrected chi connectivity index (χ2v) is 21.2. The van der Waals surface area contributed by atoms with Crippen molar-refractivity contribution in [2.75, 3.05) is 0 Å². The van der Waals surface area contributed by atoms with Gasteiger partial charge in [0.1, 0.15) is 16.4 Å². The van der Waals surface area contributed by atoms with Crippen LogP contribution in [-0.2, 0) is 21.0 Å². The molecule has 0 saturated carbocycles. The maximum atomic E-state index is 12.4. The largest absolute Gasteiger partial charge is 0.486 e. The molecular weight excluding hydrogens is 869 g/mol. The molecule has 3 heterocycles. The molecule has 0 atom stereocenters. The summed E-state index contributed by atoms with van der Waals surface area (Å²) in [6, 6.07) is 34.8. The summed E-state index contributed by atoms with van der Waals surface area (Å²) in [6.07, 6.45) is 3.28. The van der Waals surface area contributed by atoms with E-state index >= 15 is 0 Å². The fourth-order valence-corrected chi connectivity index (χ4v) is 8.56. The van der Waals surface area contributed by atoms with E-state index in [1.165, 1.54) is 51.4 Å². The Hall–Kier alpha value is -6.98. The molecular formula is C57H58N4O4S2. The molecule has 342 valence electrons. The van der Waals surface area contributed by atoms with Gasteiger partial charge in [-0.2, -0.15) is 8.75 Å². The van der Waals surface area contributed by atoms with Gasteiger partial charge in [0.2, 0.25) is 0 Å². The Balaban J connectivity index is 0.000000183. The standard InChI is InChI=1S/C23H18N2O2S.C14H17N.C11H16.C9H7NO2S/c1-12-13-8-9-14(15-6-5-7-17(19(13)15)22(26)27-12)16-10-11-18(23(2,3)4)21-20(16)24-28-25-21;1-11(15-5)10-12-6-8-13(9-7-12)14(2,3)4;1-9-5-7-10(8-6-9)11(2,3)4;1-6-3-4-7(13-6)5-8(10-2)9(11)12/h5-11H,1H2,2-4H3;6-10H,1-4H3;5-8H,1-4H3;3-5H,1H3,(H,11,12)/b;11-10-;;8-5-. The van der Waals surface area contributed by atoms with Crippen LogP contribution in [-0.4, -0.2) is 19.8 Å². The Bertz CT molecular complexity index is 3270. The maximum absolute atomic E-state index is 12.4. The number of aryl methyl sites for hydroxylation is 2. The molecule has 3 aromatic heterocycles. The van der Waals surface area contributed by atoms with E-state index in [-0.39, 0.29) is 27.6 Å². The van der Waals surface area contributed by atoms with Crippen molar-refractivity contribution in [3.63, 3.8) is 0 Å². The van der Waals surface area contributed by atoms with Gasteiger partial charge in [0.25, 0.3) is 5.70 Å². The molecule has 8 nitrogen and oxygen atoms in total. The summed E-state index contributed by atoms with van der Waals surface area (Å²) in [6.45, 7) is 43.1. The molecule has 0 radical (unpaired) electrons. The summed E-state index contributed by atoms with van der Waals surface area (Å²) >= 11 is 2.70. The second kappa shape index (κ2) is 21.1. The van der Waals surface area contributed by atoms with Crippen LogP contribution in [0.5, 0.6) is 0 Å². The monoisotopic (exact) mass is 926 g/mol. The molecule has 0 aliphatic carbocycles. The van der Waals surface area contributed by atoms with Crippen molar-refractivity contribution in [1.29, 1.82) is 0 Å². The van der Waals surface area contributed by atoms with Crippen LogP contribution in [0.25, 0.3) is 72.1 Å². The van der Waals surface area contributed by atoms with Crippen molar-refractivity contribution in [2.45, 2.75) is 99.3 Å². The summed E-state index contributed by atoms with van der Waals surface area (Å²) < 4.78 is 14.5. The normalized spacial score (nSPS) is 12.0. The molecule has 10 heteroatoms. The number of carboxylic acids is 1. The van der Waals surface area contributed by atoms with E-state index in [1.54, 1.807) is 12.1 Å². The van der Waals surface area contributed by atoms with E-state index in [0.29, 0.717) is 10.8 Å². The van der Waals surface area contributed by atoms with Crippen molar-refractivity contribution in [2.24, 2.45) is 0 Å². The number of hydrogen-bond donors (Lipinski definition) is 1. The van der Waals surface area contributed by atoms with Gasteiger partial charge in [0.05, 0.1) is 30.3 Å². The number of aromatic nitrogens is 2. The first kappa shape index (κ1) is 51.0. The highest BCUT2D eigenvalue weighted by molar-refractivity contribution is 7.12. The molecule has 0 spiro atoms. The highest BCUT2D eigenvalue weighted by atomic mass is 32.1. The number of aliphatic carboxylic acids is 1. The lowest BCUT2D eigenvalue weighted by molar-refractivity contribution is -0.132. The number of nitrogens with zero attached hydrogens (tertiary/aromatic N) is 4. The van der Waals surface area contributed by atoms with Gasteiger partial charge < -0.3 is 9.52 Å². The first-order valence-electron chi connectivity index (χ1n) is 21.8. The first-order valence-corrected chi connectivity index (χ1v) is 23.3. The van der Waals surface area contributed by atoms with Gasteiger partial charge in [-0.25, -0.2) is 14.5 Å². The minimum absolute atomic E-state index is 0.0199. The fourth-order valence-electron chi connectivity index (χ4n) is 7.17. The highest BCUT2D eigenvalue weighted by Gasteiger charge is 2.22. The lowest BCUT2D eigenvalue weighted by Crippen LogP contribution is -2.12. The zero-order valence-corrected chi connectivity index (χ0v) is 42.1. The molecule has 0 aliphatic heterocycles. The van der Waals surface area contributed by atoms with Gasteiger partial charge in [0.15, 0.2) is 5.70 Å². The molecule has 0 bridgehead atoms. The Morgan fingerprint density at radius 3 is 1.81 bits per heavy atom. The Labute approximate surface area is 402 Å². The van der Waals surface area contributed by atoms with Crippen LogP contribution >= 0.6 is 23.1 Å². The second-order valence-electron chi connectivity index (χ2n) is 19.4.